The molecule has 0 atom stereocenters. The lowest BCUT2D eigenvalue weighted by atomic mass is 9.67. The Bertz CT molecular complexity index is 551. The minimum Gasteiger partial charge on any atom is -0.340 e. The fourth-order valence-electron chi connectivity index (χ4n) is 3.44. The number of nitrogens with zero attached hydrogens (tertiary/aromatic N) is 2. The highest BCUT2D eigenvalue weighted by atomic mass is 32.1. The summed E-state index contributed by atoms with van der Waals surface area (Å²) in [6.07, 6.45) is 2.11. The Hall–Kier alpha value is -1.14. The average molecular weight is 295 g/mol. The number of thiazole rings is 1. The molecule has 5 nitrogen and oxygen atoms in total. The van der Waals surface area contributed by atoms with Crippen molar-refractivity contribution in [2.75, 3.05) is 18.4 Å². The summed E-state index contributed by atoms with van der Waals surface area (Å²) in [6.45, 7) is 9.66. The molecule has 1 aliphatic carbocycles. The Morgan fingerprint density at radius 1 is 1.35 bits per heavy atom. The largest absolute Gasteiger partial charge is 0.340 e. The van der Waals surface area contributed by atoms with E-state index < -0.39 is 0 Å². The maximum Gasteiger partial charge on any atom is 0.327 e. The van der Waals surface area contributed by atoms with Crippen LogP contribution in [0.1, 0.15) is 44.7 Å². The molecule has 0 bridgehead atoms. The van der Waals surface area contributed by atoms with Gasteiger partial charge in [0.25, 0.3) is 0 Å². The number of hydrogen-bond donors (Lipinski definition) is 1. The van der Waals surface area contributed by atoms with E-state index in [2.05, 4.69) is 33.0 Å². The third-order valence-electron chi connectivity index (χ3n) is 3.89. The van der Waals surface area contributed by atoms with Crippen molar-refractivity contribution in [3.63, 3.8) is 0 Å². The molecular formula is C14H21N3O2S. The van der Waals surface area contributed by atoms with Crippen LogP contribution in [-0.4, -0.2) is 24.5 Å². The molecule has 0 spiro atoms. The summed E-state index contributed by atoms with van der Waals surface area (Å²) in [5, 5.41) is 3.43. The number of carbonyl (C=O) groups excluding carboxylic acids is 1. The summed E-state index contributed by atoms with van der Waals surface area (Å²) < 4.78 is 5.29. The Balaban J connectivity index is 1.98. The second kappa shape index (κ2) is 4.43. The molecule has 1 saturated heterocycles. The molecule has 2 aliphatic rings. The van der Waals surface area contributed by atoms with Crippen molar-refractivity contribution in [3.05, 3.63) is 10.6 Å². The minimum absolute atomic E-state index is 0.111. The number of fused-ring (bicyclic) bond motifs is 1. The van der Waals surface area contributed by atoms with Crippen molar-refractivity contribution in [1.29, 1.82) is 0 Å². The monoisotopic (exact) mass is 295 g/mol. The van der Waals surface area contributed by atoms with E-state index in [1.54, 1.807) is 16.2 Å². The van der Waals surface area contributed by atoms with Crippen LogP contribution < -0.4 is 10.2 Å². The third kappa shape index (κ3) is 2.31. The third-order valence-corrected chi connectivity index (χ3v) is 5.38. The van der Waals surface area contributed by atoms with Crippen molar-refractivity contribution in [2.24, 2.45) is 5.41 Å². The van der Waals surface area contributed by atoms with E-state index in [0.717, 1.165) is 23.7 Å². The molecule has 0 unspecified atom stereocenters. The Morgan fingerprint density at radius 3 is 2.80 bits per heavy atom. The van der Waals surface area contributed by atoms with Crippen molar-refractivity contribution in [1.82, 2.24) is 10.3 Å². The maximum atomic E-state index is 11.9. The second-order valence-electron chi connectivity index (χ2n) is 7.06. The number of aromatic nitrogens is 1. The van der Waals surface area contributed by atoms with Gasteiger partial charge < -0.3 is 10.1 Å². The van der Waals surface area contributed by atoms with Crippen LogP contribution in [-0.2, 0) is 16.6 Å². The van der Waals surface area contributed by atoms with E-state index in [1.165, 1.54) is 4.88 Å². The number of amides is 2. The number of anilines is 1. The van der Waals surface area contributed by atoms with Gasteiger partial charge in [0, 0.05) is 10.3 Å². The number of hydrogen-bond acceptors (Lipinski definition) is 4. The van der Waals surface area contributed by atoms with Gasteiger partial charge in [-0.05, 0) is 18.3 Å². The van der Waals surface area contributed by atoms with E-state index in [1.807, 2.05) is 0 Å². The molecule has 1 aliphatic heterocycles. The molecule has 2 amide bonds. The van der Waals surface area contributed by atoms with Crippen LogP contribution in [0.3, 0.4) is 0 Å². The smallest absolute Gasteiger partial charge is 0.327 e. The van der Waals surface area contributed by atoms with Gasteiger partial charge in [0.2, 0.25) is 0 Å². The first-order chi connectivity index (χ1) is 9.28. The zero-order valence-corrected chi connectivity index (χ0v) is 13.3. The van der Waals surface area contributed by atoms with Crippen molar-refractivity contribution < 1.29 is 9.53 Å². The number of rotatable bonds is 1. The zero-order chi connectivity index (χ0) is 14.5. The molecule has 6 heteroatoms. The SMILES string of the molecule is CC1(C)Cc2nc(N3COCNC3=O)sc2C(C)(C)C1. The molecule has 20 heavy (non-hydrogen) atoms. The normalized spacial score (nSPS) is 24.2. The fraction of sp³-hybridized carbons (Fsp3) is 0.714. The van der Waals surface area contributed by atoms with Gasteiger partial charge >= 0.3 is 6.03 Å². The first-order valence-corrected chi connectivity index (χ1v) is 7.73. The van der Waals surface area contributed by atoms with Crippen LogP contribution in [0.15, 0.2) is 0 Å². The highest BCUT2D eigenvalue weighted by molar-refractivity contribution is 7.16. The Kier molecular flexibility index (Phi) is 3.06. The summed E-state index contributed by atoms with van der Waals surface area (Å²) in [5.41, 5.74) is 1.51. The van der Waals surface area contributed by atoms with Gasteiger partial charge in [-0.1, -0.05) is 27.7 Å². The Labute approximate surface area is 123 Å². The molecule has 110 valence electrons. The maximum absolute atomic E-state index is 11.9. The summed E-state index contributed by atoms with van der Waals surface area (Å²) in [4.78, 5) is 19.5. The molecular weight excluding hydrogens is 274 g/mol. The average Bonchev–Trinajstić information content (AvgIpc) is 2.71. The van der Waals surface area contributed by atoms with Crippen molar-refractivity contribution in [2.45, 2.75) is 46.0 Å². The van der Waals surface area contributed by atoms with Crippen LogP contribution in [0.5, 0.6) is 0 Å². The van der Waals surface area contributed by atoms with Gasteiger partial charge in [-0.25, -0.2) is 14.7 Å². The zero-order valence-electron chi connectivity index (χ0n) is 12.4. The van der Waals surface area contributed by atoms with E-state index in [0.29, 0.717) is 0 Å². The number of carbonyl (C=O) groups is 1. The second-order valence-corrected chi connectivity index (χ2v) is 8.04. The first kappa shape index (κ1) is 13.8. The van der Waals surface area contributed by atoms with E-state index in [-0.39, 0.29) is 30.3 Å². The molecule has 0 radical (unpaired) electrons. The summed E-state index contributed by atoms with van der Waals surface area (Å²) in [6, 6.07) is -0.126. The molecule has 1 N–H and O–H groups in total. The number of nitrogens with one attached hydrogen (secondary N) is 1. The molecule has 1 aromatic heterocycles. The van der Waals surface area contributed by atoms with E-state index >= 15 is 0 Å². The van der Waals surface area contributed by atoms with Crippen molar-refractivity contribution in [3.8, 4) is 0 Å². The van der Waals surface area contributed by atoms with Crippen LogP contribution in [0.25, 0.3) is 0 Å². The predicted molar refractivity (Wildman–Crippen MR) is 79.1 cm³/mol. The highest BCUT2D eigenvalue weighted by Gasteiger charge is 2.40. The summed E-state index contributed by atoms with van der Waals surface area (Å²) in [5.74, 6) is 0. The topological polar surface area (TPSA) is 54.5 Å². The quantitative estimate of drug-likeness (QED) is 0.866. The van der Waals surface area contributed by atoms with Gasteiger partial charge in [0.05, 0.1) is 5.69 Å². The molecule has 2 heterocycles. The lowest BCUT2D eigenvalue weighted by Crippen LogP contribution is -2.47. The number of urea groups is 1. The molecule has 3 rings (SSSR count). The summed E-state index contributed by atoms with van der Waals surface area (Å²) in [7, 11) is 0. The van der Waals surface area contributed by atoms with Crippen molar-refractivity contribution >= 4 is 22.5 Å². The van der Waals surface area contributed by atoms with Crippen LogP contribution in [0, 0.1) is 5.41 Å². The van der Waals surface area contributed by atoms with E-state index in [4.69, 9.17) is 9.72 Å². The lowest BCUT2D eigenvalue weighted by molar-refractivity contribution is 0.101. The standard InChI is InChI=1S/C14H21N3O2S/c1-13(2)5-9-10(14(3,4)6-13)20-12(16-9)17-8-19-7-15-11(17)18/h5-8H2,1-4H3,(H,15,18). The van der Waals surface area contributed by atoms with Gasteiger partial charge in [0.15, 0.2) is 5.13 Å². The van der Waals surface area contributed by atoms with Gasteiger partial charge in [-0.2, -0.15) is 0 Å². The minimum atomic E-state index is -0.126. The lowest BCUT2D eigenvalue weighted by Gasteiger charge is -2.39. The summed E-state index contributed by atoms with van der Waals surface area (Å²) >= 11 is 1.63. The highest BCUT2D eigenvalue weighted by Crippen LogP contribution is 2.49. The van der Waals surface area contributed by atoms with Crippen LogP contribution in [0.2, 0.25) is 0 Å². The van der Waals surface area contributed by atoms with E-state index in [9.17, 15) is 4.79 Å². The molecule has 1 fully saturated rings. The van der Waals surface area contributed by atoms with Crippen LogP contribution in [0.4, 0.5) is 9.93 Å². The van der Waals surface area contributed by atoms with Gasteiger partial charge in [-0.3, -0.25) is 0 Å². The van der Waals surface area contributed by atoms with Crippen LogP contribution >= 0.6 is 11.3 Å². The first-order valence-electron chi connectivity index (χ1n) is 6.92. The van der Waals surface area contributed by atoms with Gasteiger partial charge in [0.1, 0.15) is 13.5 Å². The number of ether oxygens (including phenoxy) is 1. The molecule has 1 aromatic rings. The Morgan fingerprint density at radius 2 is 2.10 bits per heavy atom. The molecule has 0 aromatic carbocycles. The predicted octanol–water partition coefficient (Wildman–Crippen LogP) is 2.85. The molecule has 0 saturated carbocycles. The van der Waals surface area contributed by atoms with Gasteiger partial charge in [-0.15, -0.1) is 11.3 Å². The fourth-order valence-corrected chi connectivity index (χ4v) is 4.61.